The maximum absolute atomic E-state index is 12.2. The van der Waals surface area contributed by atoms with Gasteiger partial charge in [0.2, 0.25) is 0 Å². The van der Waals surface area contributed by atoms with Gasteiger partial charge in [0.15, 0.2) is 15.6 Å². The third-order valence-corrected chi connectivity index (χ3v) is 4.53. The molecule has 0 spiro atoms. The van der Waals surface area contributed by atoms with Crippen LogP contribution in [0, 0.1) is 0 Å². The molecule has 2 aromatic carbocycles. The molecular formula is C17H15ClO4S. The van der Waals surface area contributed by atoms with Crippen molar-refractivity contribution in [2.24, 2.45) is 0 Å². The molecule has 0 amide bonds. The summed E-state index contributed by atoms with van der Waals surface area (Å²) in [5.41, 5.74) is 1.18. The van der Waals surface area contributed by atoms with Gasteiger partial charge < -0.3 is 4.74 Å². The van der Waals surface area contributed by atoms with Gasteiger partial charge in [-0.2, -0.15) is 0 Å². The molecule has 2 rings (SSSR count). The number of sulfone groups is 1. The van der Waals surface area contributed by atoms with E-state index in [4.69, 9.17) is 16.3 Å². The smallest absolute Gasteiger partial charge is 0.185 e. The Bertz CT molecular complexity index is 853. The summed E-state index contributed by atoms with van der Waals surface area (Å²) >= 11 is 5.80. The second kappa shape index (κ2) is 6.98. The fraction of sp³-hybridized carbons (Fsp3) is 0.118. The molecule has 0 aliphatic carbocycles. The number of halogens is 1. The lowest BCUT2D eigenvalue weighted by Gasteiger charge is -2.07. The third-order valence-electron chi connectivity index (χ3n) is 3.14. The Hall–Kier alpha value is -2.11. The van der Waals surface area contributed by atoms with Gasteiger partial charge in [0.25, 0.3) is 0 Å². The van der Waals surface area contributed by atoms with Crippen molar-refractivity contribution in [1.82, 2.24) is 0 Å². The molecule has 0 aliphatic heterocycles. The molecule has 0 atom stereocenters. The van der Waals surface area contributed by atoms with Crippen molar-refractivity contribution in [3.63, 3.8) is 0 Å². The molecule has 0 aliphatic rings. The molecule has 0 heterocycles. The number of ether oxygens (including phenoxy) is 1. The van der Waals surface area contributed by atoms with Crippen molar-refractivity contribution in [3.8, 4) is 5.75 Å². The summed E-state index contributed by atoms with van der Waals surface area (Å²) in [5.74, 6) is -0.100. The zero-order valence-electron chi connectivity index (χ0n) is 12.6. The molecule has 0 fully saturated rings. The van der Waals surface area contributed by atoms with Gasteiger partial charge in [-0.25, -0.2) is 8.42 Å². The monoisotopic (exact) mass is 350 g/mol. The zero-order chi connectivity index (χ0) is 17.0. The van der Waals surface area contributed by atoms with Gasteiger partial charge in [0.1, 0.15) is 10.6 Å². The molecular weight excluding hydrogens is 336 g/mol. The normalized spacial score (nSPS) is 11.6. The van der Waals surface area contributed by atoms with Crippen molar-refractivity contribution in [2.45, 2.75) is 4.90 Å². The second-order valence-electron chi connectivity index (χ2n) is 4.89. The Balaban J connectivity index is 2.28. The molecule has 0 saturated carbocycles. The molecule has 6 heteroatoms. The first-order valence-electron chi connectivity index (χ1n) is 6.67. The van der Waals surface area contributed by atoms with Crippen LogP contribution in [0.25, 0.3) is 6.08 Å². The van der Waals surface area contributed by atoms with E-state index in [1.807, 2.05) is 0 Å². The molecule has 23 heavy (non-hydrogen) atoms. The number of hydrogen-bond donors (Lipinski definition) is 0. The summed E-state index contributed by atoms with van der Waals surface area (Å²) in [6.07, 6.45) is 4.17. The minimum absolute atomic E-state index is 0.0539. The number of allylic oxidation sites excluding steroid dienone is 1. The van der Waals surface area contributed by atoms with Crippen LogP contribution >= 0.6 is 11.6 Å². The highest BCUT2D eigenvalue weighted by atomic mass is 35.5. The van der Waals surface area contributed by atoms with Crippen LogP contribution in [0.15, 0.2) is 53.4 Å². The minimum atomic E-state index is -3.41. The van der Waals surface area contributed by atoms with Gasteiger partial charge >= 0.3 is 0 Å². The minimum Gasteiger partial charge on any atom is -0.495 e. The van der Waals surface area contributed by atoms with Crippen molar-refractivity contribution < 1.29 is 17.9 Å². The van der Waals surface area contributed by atoms with Crippen LogP contribution in [0.5, 0.6) is 5.75 Å². The molecule has 2 aromatic rings. The Morgan fingerprint density at radius 3 is 2.35 bits per heavy atom. The molecule has 0 saturated heterocycles. The van der Waals surface area contributed by atoms with E-state index in [1.54, 1.807) is 30.3 Å². The number of carbonyl (C=O) groups excluding carboxylic acids is 1. The van der Waals surface area contributed by atoms with E-state index >= 15 is 0 Å². The molecule has 4 nitrogen and oxygen atoms in total. The molecule has 0 radical (unpaired) electrons. The average Bonchev–Trinajstić information content (AvgIpc) is 2.52. The summed E-state index contributed by atoms with van der Waals surface area (Å²) in [7, 11) is -2.05. The first-order valence-corrected chi connectivity index (χ1v) is 8.94. The van der Waals surface area contributed by atoms with E-state index in [0.717, 1.165) is 11.8 Å². The lowest BCUT2D eigenvalue weighted by atomic mass is 10.1. The van der Waals surface area contributed by atoms with Crippen molar-refractivity contribution in [1.29, 1.82) is 0 Å². The van der Waals surface area contributed by atoms with Crippen LogP contribution in [-0.2, 0) is 9.84 Å². The number of ketones is 1. The Kier molecular flexibility index (Phi) is 5.23. The first-order chi connectivity index (χ1) is 10.8. The second-order valence-corrected chi connectivity index (χ2v) is 7.31. The predicted molar refractivity (Wildman–Crippen MR) is 90.9 cm³/mol. The number of hydrogen-bond acceptors (Lipinski definition) is 4. The Morgan fingerprint density at radius 2 is 1.78 bits per heavy atom. The van der Waals surface area contributed by atoms with Crippen LogP contribution < -0.4 is 4.74 Å². The number of methoxy groups -OCH3 is 1. The predicted octanol–water partition coefficient (Wildman–Crippen LogP) is 3.65. The van der Waals surface area contributed by atoms with Gasteiger partial charge in [-0.05, 0) is 42.0 Å². The number of rotatable bonds is 5. The first kappa shape index (κ1) is 17.2. The lowest BCUT2D eigenvalue weighted by Crippen LogP contribution is -2.03. The summed E-state index contributed by atoms with van der Waals surface area (Å²) in [6, 6.07) is 11.3. The SMILES string of the molecule is COc1cc(C(=O)/C=C/c2ccc(Cl)cc2)ccc1S(C)(=O)=O. The van der Waals surface area contributed by atoms with Crippen LogP contribution in [-0.4, -0.2) is 27.6 Å². The average molecular weight is 351 g/mol. The molecule has 0 bridgehead atoms. The summed E-state index contributed by atoms with van der Waals surface area (Å²) in [5, 5.41) is 0.620. The van der Waals surface area contributed by atoms with Crippen molar-refractivity contribution in [2.75, 3.05) is 13.4 Å². The zero-order valence-corrected chi connectivity index (χ0v) is 14.2. The highest BCUT2D eigenvalue weighted by molar-refractivity contribution is 7.90. The quantitative estimate of drug-likeness (QED) is 0.610. The molecule has 0 aromatic heterocycles. The summed E-state index contributed by atoms with van der Waals surface area (Å²) in [6.45, 7) is 0. The van der Waals surface area contributed by atoms with E-state index < -0.39 is 9.84 Å². The van der Waals surface area contributed by atoms with Crippen molar-refractivity contribution >= 4 is 33.3 Å². The van der Waals surface area contributed by atoms with Gasteiger partial charge in [0.05, 0.1) is 7.11 Å². The topological polar surface area (TPSA) is 60.4 Å². The highest BCUT2D eigenvalue weighted by Crippen LogP contribution is 2.25. The van der Waals surface area contributed by atoms with Gasteiger partial charge in [-0.15, -0.1) is 0 Å². The van der Waals surface area contributed by atoms with E-state index in [9.17, 15) is 13.2 Å². The van der Waals surface area contributed by atoms with Crippen LogP contribution in [0.4, 0.5) is 0 Å². The third kappa shape index (κ3) is 4.43. The maximum atomic E-state index is 12.2. The number of benzene rings is 2. The molecule has 0 N–H and O–H groups in total. The van der Waals surface area contributed by atoms with Gasteiger partial charge in [-0.1, -0.05) is 29.8 Å². The Morgan fingerprint density at radius 1 is 1.13 bits per heavy atom. The molecule has 0 unspecified atom stereocenters. The van der Waals surface area contributed by atoms with Crippen LogP contribution in [0.2, 0.25) is 5.02 Å². The van der Waals surface area contributed by atoms with E-state index in [0.29, 0.717) is 10.6 Å². The van der Waals surface area contributed by atoms with E-state index in [-0.39, 0.29) is 16.4 Å². The highest BCUT2D eigenvalue weighted by Gasteiger charge is 2.16. The largest absolute Gasteiger partial charge is 0.495 e. The van der Waals surface area contributed by atoms with Crippen LogP contribution in [0.3, 0.4) is 0 Å². The number of carbonyl (C=O) groups is 1. The Labute approximate surface area is 140 Å². The van der Waals surface area contributed by atoms with Gasteiger partial charge in [-0.3, -0.25) is 4.79 Å². The summed E-state index contributed by atoms with van der Waals surface area (Å²) < 4.78 is 28.4. The fourth-order valence-corrected chi connectivity index (χ4v) is 2.92. The van der Waals surface area contributed by atoms with E-state index in [2.05, 4.69) is 0 Å². The lowest BCUT2D eigenvalue weighted by molar-refractivity contribution is 0.104. The summed E-state index contributed by atoms with van der Waals surface area (Å²) in [4.78, 5) is 12.3. The van der Waals surface area contributed by atoms with E-state index in [1.165, 1.54) is 31.4 Å². The maximum Gasteiger partial charge on any atom is 0.185 e. The molecule has 120 valence electrons. The van der Waals surface area contributed by atoms with Crippen molar-refractivity contribution in [3.05, 3.63) is 64.7 Å². The van der Waals surface area contributed by atoms with Gasteiger partial charge in [0, 0.05) is 16.8 Å². The standard InChI is InChI=1S/C17H15ClO4S/c1-22-16-11-13(6-10-17(16)23(2,20)21)15(19)9-5-12-3-7-14(18)8-4-12/h3-11H,1-2H3/b9-5+. The fourth-order valence-electron chi connectivity index (χ4n) is 1.97. The van der Waals surface area contributed by atoms with Crippen LogP contribution in [0.1, 0.15) is 15.9 Å².